The minimum absolute atomic E-state index is 0.00571. The van der Waals surface area contributed by atoms with Crippen LogP contribution >= 0.6 is 0 Å². The summed E-state index contributed by atoms with van der Waals surface area (Å²) < 4.78 is 34.0. The Morgan fingerprint density at radius 3 is 2.56 bits per heavy atom. The molecule has 4 saturated heterocycles. The SMILES string of the molecule is CC1(N(C(=O)C2(F)CCNCC2)c2nccc(-c3ccc(OCCF)cc3)n2)CCN2CCC1CC2. The van der Waals surface area contributed by atoms with Gasteiger partial charge in [0.15, 0.2) is 5.67 Å². The standard InChI is InChI=1S/C27H35F2N5O2/c1-26(11-18-33-16-7-21(26)8-17-33)34(24(35)27(29)9-14-30-15-10-27)25-31-13-6-23(32-25)20-2-4-22(5-3-20)36-19-12-28/h2-6,13,21,30H,7-12,14-19H2,1H3. The molecule has 7 nitrogen and oxygen atoms in total. The zero-order valence-corrected chi connectivity index (χ0v) is 20.9. The molecule has 6 rings (SSSR count). The van der Waals surface area contributed by atoms with Crippen molar-refractivity contribution >= 4 is 11.9 Å². The van der Waals surface area contributed by atoms with Gasteiger partial charge in [-0.1, -0.05) is 0 Å². The molecule has 4 aliphatic heterocycles. The number of amides is 1. The van der Waals surface area contributed by atoms with Gasteiger partial charge in [0.1, 0.15) is 19.0 Å². The summed E-state index contributed by atoms with van der Waals surface area (Å²) in [4.78, 5) is 27.5. The first kappa shape index (κ1) is 25.0. The number of nitrogens with one attached hydrogen (secondary N) is 1. The second-order valence-electron chi connectivity index (χ2n) is 10.4. The van der Waals surface area contributed by atoms with Gasteiger partial charge in [-0.25, -0.2) is 18.7 Å². The molecule has 0 radical (unpaired) electrons. The number of hydrogen-bond acceptors (Lipinski definition) is 6. The van der Waals surface area contributed by atoms with Crippen LogP contribution in [0.5, 0.6) is 5.75 Å². The van der Waals surface area contributed by atoms with E-state index < -0.39 is 23.8 Å². The zero-order valence-electron chi connectivity index (χ0n) is 20.9. The minimum Gasteiger partial charge on any atom is -0.491 e. The highest BCUT2D eigenvalue weighted by Gasteiger charge is 2.53. The van der Waals surface area contributed by atoms with Crippen LogP contribution in [0.4, 0.5) is 14.7 Å². The zero-order chi connectivity index (χ0) is 25.2. The number of piperidine rings is 2. The number of alkyl halides is 2. The van der Waals surface area contributed by atoms with Crippen LogP contribution < -0.4 is 15.0 Å². The van der Waals surface area contributed by atoms with Crippen LogP contribution in [-0.2, 0) is 4.79 Å². The van der Waals surface area contributed by atoms with E-state index in [0.717, 1.165) is 44.5 Å². The van der Waals surface area contributed by atoms with Gasteiger partial charge in [0.05, 0.1) is 11.2 Å². The van der Waals surface area contributed by atoms with E-state index in [-0.39, 0.29) is 31.3 Å². The molecule has 1 amide bonds. The van der Waals surface area contributed by atoms with Crippen LogP contribution in [0.2, 0.25) is 0 Å². The number of carbonyl (C=O) groups is 1. The Balaban J connectivity index is 1.52. The Hall–Kier alpha value is -2.65. The molecular formula is C27H35F2N5O2. The van der Waals surface area contributed by atoms with Gasteiger partial charge in [0.25, 0.3) is 5.91 Å². The Bertz CT molecular complexity index is 1050. The number of nitrogens with zero attached hydrogens (tertiary/aromatic N) is 4. The van der Waals surface area contributed by atoms with Crippen molar-refractivity contribution in [3.8, 4) is 17.0 Å². The monoisotopic (exact) mass is 499 g/mol. The van der Waals surface area contributed by atoms with Crippen LogP contribution in [0.25, 0.3) is 11.3 Å². The lowest BCUT2D eigenvalue weighted by molar-refractivity contribution is -0.133. The van der Waals surface area contributed by atoms with Crippen molar-refractivity contribution < 1.29 is 18.3 Å². The highest BCUT2D eigenvalue weighted by molar-refractivity contribution is 5.99. The number of hydrogen-bond donors (Lipinski definition) is 1. The third-order valence-electron chi connectivity index (χ3n) is 8.23. The summed E-state index contributed by atoms with van der Waals surface area (Å²) in [6, 6.07) is 9.00. The number of anilines is 1. The number of halogens is 2. The molecule has 1 aromatic carbocycles. The fourth-order valence-corrected chi connectivity index (χ4v) is 5.95. The maximum absolute atomic E-state index is 16.2. The first-order valence-electron chi connectivity index (χ1n) is 13.0. The maximum atomic E-state index is 16.2. The van der Waals surface area contributed by atoms with Crippen molar-refractivity contribution in [1.29, 1.82) is 0 Å². The quantitative estimate of drug-likeness (QED) is 0.625. The average molecular weight is 500 g/mol. The van der Waals surface area contributed by atoms with E-state index >= 15 is 4.39 Å². The largest absolute Gasteiger partial charge is 0.491 e. The summed E-state index contributed by atoms with van der Waals surface area (Å²) in [6.45, 7) is 5.38. The van der Waals surface area contributed by atoms with E-state index in [2.05, 4.69) is 22.1 Å². The normalized spacial score (nSPS) is 27.3. The van der Waals surface area contributed by atoms with Crippen molar-refractivity contribution in [2.75, 3.05) is 50.9 Å². The summed E-state index contributed by atoms with van der Waals surface area (Å²) in [5.41, 5.74) is -1.06. The average Bonchev–Trinajstić information content (AvgIpc) is 3.17. The third kappa shape index (κ3) is 4.83. The van der Waals surface area contributed by atoms with Gasteiger partial charge in [0.2, 0.25) is 5.95 Å². The van der Waals surface area contributed by atoms with Crippen molar-refractivity contribution in [1.82, 2.24) is 20.2 Å². The molecule has 1 atom stereocenters. The molecule has 2 bridgehead atoms. The number of ether oxygens (including phenoxy) is 1. The number of fused-ring (bicyclic) bond motifs is 4. The van der Waals surface area contributed by atoms with Gasteiger partial charge in [0, 0.05) is 31.1 Å². The molecule has 4 aliphatic rings. The van der Waals surface area contributed by atoms with E-state index in [1.54, 1.807) is 29.3 Å². The summed E-state index contributed by atoms with van der Waals surface area (Å²) in [7, 11) is 0. The molecule has 4 fully saturated rings. The van der Waals surface area contributed by atoms with Crippen LogP contribution in [0.15, 0.2) is 36.5 Å². The molecule has 5 heterocycles. The molecule has 0 aliphatic carbocycles. The van der Waals surface area contributed by atoms with Crippen molar-refractivity contribution in [2.45, 2.75) is 50.2 Å². The summed E-state index contributed by atoms with van der Waals surface area (Å²) in [5, 5.41) is 3.17. The Morgan fingerprint density at radius 1 is 1.14 bits per heavy atom. The highest BCUT2D eigenvalue weighted by atomic mass is 19.1. The maximum Gasteiger partial charge on any atom is 0.267 e. The summed E-state index contributed by atoms with van der Waals surface area (Å²) in [6.07, 6.45) is 4.64. The van der Waals surface area contributed by atoms with Gasteiger partial charge in [-0.15, -0.1) is 0 Å². The van der Waals surface area contributed by atoms with Crippen molar-refractivity contribution in [3.63, 3.8) is 0 Å². The molecule has 2 aromatic rings. The molecular weight excluding hydrogens is 464 g/mol. The molecule has 1 unspecified atom stereocenters. The first-order chi connectivity index (χ1) is 17.4. The van der Waals surface area contributed by atoms with Gasteiger partial charge in [-0.2, -0.15) is 0 Å². The lowest BCUT2D eigenvalue weighted by Crippen LogP contribution is -2.62. The van der Waals surface area contributed by atoms with Gasteiger partial charge < -0.3 is 15.0 Å². The fourth-order valence-electron chi connectivity index (χ4n) is 5.95. The highest BCUT2D eigenvalue weighted by Crippen LogP contribution is 2.43. The molecule has 9 heteroatoms. The van der Waals surface area contributed by atoms with E-state index in [1.165, 1.54) is 0 Å². The van der Waals surface area contributed by atoms with E-state index in [0.29, 0.717) is 24.5 Å². The van der Waals surface area contributed by atoms with E-state index in [9.17, 15) is 9.18 Å². The molecule has 0 saturated carbocycles. The van der Waals surface area contributed by atoms with E-state index in [4.69, 9.17) is 9.72 Å². The molecule has 1 aromatic heterocycles. The number of benzene rings is 1. The Labute approximate surface area is 211 Å². The predicted octanol–water partition coefficient (Wildman–Crippen LogP) is 3.79. The van der Waals surface area contributed by atoms with Crippen LogP contribution in [0, 0.1) is 5.92 Å². The lowest BCUT2D eigenvalue weighted by Gasteiger charge is -2.47. The number of carbonyl (C=O) groups excluding carboxylic acids is 1. The fraction of sp³-hybridized carbons (Fsp3) is 0.593. The third-order valence-corrected chi connectivity index (χ3v) is 8.23. The molecule has 36 heavy (non-hydrogen) atoms. The van der Waals surface area contributed by atoms with Crippen LogP contribution in [-0.4, -0.2) is 78.0 Å². The molecule has 1 N–H and O–H groups in total. The predicted molar refractivity (Wildman–Crippen MR) is 135 cm³/mol. The Morgan fingerprint density at radius 2 is 1.86 bits per heavy atom. The minimum atomic E-state index is -1.94. The summed E-state index contributed by atoms with van der Waals surface area (Å²) in [5.74, 6) is 0.571. The summed E-state index contributed by atoms with van der Waals surface area (Å²) >= 11 is 0. The second kappa shape index (κ2) is 10.4. The van der Waals surface area contributed by atoms with Gasteiger partial charge >= 0.3 is 0 Å². The lowest BCUT2D eigenvalue weighted by atomic mass is 9.76. The second-order valence-corrected chi connectivity index (χ2v) is 10.4. The van der Waals surface area contributed by atoms with Gasteiger partial charge in [-0.05, 0) is 88.6 Å². The van der Waals surface area contributed by atoms with E-state index in [1.807, 2.05) is 12.1 Å². The topological polar surface area (TPSA) is 70.6 Å². The van der Waals surface area contributed by atoms with Gasteiger partial charge in [-0.3, -0.25) is 9.69 Å². The van der Waals surface area contributed by atoms with Crippen molar-refractivity contribution in [3.05, 3.63) is 36.5 Å². The van der Waals surface area contributed by atoms with Crippen molar-refractivity contribution in [2.24, 2.45) is 5.92 Å². The molecule has 194 valence electrons. The number of rotatable bonds is 7. The first-order valence-corrected chi connectivity index (χ1v) is 13.0. The smallest absolute Gasteiger partial charge is 0.267 e. The number of aromatic nitrogens is 2. The molecule has 0 spiro atoms. The Kier molecular flexibility index (Phi) is 7.21. The van der Waals surface area contributed by atoms with Crippen LogP contribution in [0.1, 0.15) is 39.0 Å². The van der Waals surface area contributed by atoms with Crippen LogP contribution in [0.3, 0.4) is 0 Å².